The van der Waals surface area contributed by atoms with Gasteiger partial charge in [-0.05, 0) is 31.4 Å². The van der Waals surface area contributed by atoms with E-state index in [0.29, 0.717) is 0 Å². The fourth-order valence-corrected chi connectivity index (χ4v) is 1.87. The number of carbonyl (C=O) groups excluding carboxylic acids is 1. The van der Waals surface area contributed by atoms with E-state index in [0.717, 1.165) is 12.8 Å². The van der Waals surface area contributed by atoms with E-state index in [9.17, 15) is 9.59 Å². The lowest BCUT2D eigenvalue weighted by Gasteiger charge is -2.13. The smallest absolute Gasteiger partial charge is 0.271 e. The molecule has 1 amide bonds. The summed E-state index contributed by atoms with van der Waals surface area (Å²) >= 11 is 0. The number of carbonyl (C=O) groups is 1. The van der Waals surface area contributed by atoms with Crippen LogP contribution in [0.2, 0.25) is 0 Å². The molecule has 0 aliphatic rings. The molecule has 2 rings (SSSR count). The van der Waals surface area contributed by atoms with Gasteiger partial charge in [0.1, 0.15) is 5.69 Å². The van der Waals surface area contributed by atoms with Crippen molar-refractivity contribution in [3.05, 3.63) is 64.1 Å². The third-order valence-electron chi connectivity index (χ3n) is 3.00. The maximum Gasteiger partial charge on any atom is 0.271 e. The van der Waals surface area contributed by atoms with Crippen molar-refractivity contribution in [1.29, 1.82) is 0 Å². The molecule has 1 atom stereocenters. The van der Waals surface area contributed by atoms with Gasteiger partial charge in [-0.3, -0.25) is 9.59 Å². The van der Waals surface area contributed by atoms with Crippen molar-refractivity contribution in [2.45, 2.75) is 25.8 Å². The lowest BCUT2D eigenvalue weighted by molar-refractivity contribution is 0.0932. The summed E-state index contributed by atoms with van der Waals surface area (Å²) in [7, 11) is 0. The first-order valence-electron chi connectivity index (χ1n) is 6.55. The fourth-order valence-electron chi connectivity index (χ4n) is 1.87. The molecule has 0 unspecified atom stereocenters. The van der Waals surface area contributed by atoms with Gasteiger partial charge in [0.15, 0.2) is 0 Å². The minimum atomic E-state index is -0.321. The quantitative estimate of drug-likeness (QED) is 0.865. The molecule has 0 saturated heterocycles. The lowest BCUT2D eigenvalue weighted by atomic mass is 10.1. The molecular weight excluding hydrogens is 254 g/mol. The topological polar surface area (TPSA) is 74.8 Å². The Labute approximate surface area is 117 Å². The van der Waals surface area contributed by atoms with Gasteiger partial charge in [0.05, 0.1) is 0 Å². The summed E-state index contributed by atoms with van der Waals surface area (Å²) in [6, 6.07) is 12.9. The van der Waals surface area contributed by atoms with E-state index < -0.39 is 0 Å². The number of hydrogen-bond donors (Lipinski definition) is 2. The number of aromatic nitrogens is 2. The minimum absolute atomic E-state index is 0.0384. The second-order valence-corrected chi connectivity index (χ2v) is 4.71. The number of aromatic amines is 1. The van der Waals surface area contributed by atoms with Crippen molar-refractivity contribution < 1.29 is 4.79 Å². The summed E-state index contributed by atoms with van der Waals surface area (Å²) in [5.74, 6) is -0.276. The van der Waals surface area contributed by atoms with E-state index in [2.05, 4.69) is 27.6 Å². The molecule has 0 bridgehead atoms. The number of rotatable bonds is 5. The van der Waals surface area contributed by atoms with Crippen LogP contribution in [0.4, 0.5) is 0 Å². The largest absolute Gasteiger partial charge is 0.348 e. The number of hydrogen-bond acceptors (Lipinski definition) is 3. The van der Waals surface area contributed by atoms with E-state index in [1.807, 2.05) is 25.1 Å². The second-order valence-electron chi connectivity index (χ2n) is 4.71. The number of nitrogens with zero attached hydrogens (tertiary/aromatic N) is 1. The standard InChI is InChI=1S/C15H17N3O2/c1-11(7-8-12-5-3-2-4-6-12)16-15(20)13-9-10-14(19)18-17-13/h2-6,9-11H,7-8H2,1H3,(H,16,20)(H,18,19)/t11-/m0/s1. The van der Waals surface area contributed by atoms with Crippen LogP contribution in [0.15, 0.2) is 47.3 Å². The summed E-state index contributed by atoms with van der Waals surface area (Å²) < 4.78 is 0. The van der Waals surface area contributed by atoms with Gasteiger partial charge in [-0.25, -0.2) is 5.10 Å². The first-order chi connectivity index (χ1) is 9.65. The average Bonchev–Trinajstić information content (AvgIpc) is 2.47. The Morgan fingerprint density at radius 2 is 2.00 bits per heavy atom. The first kappa shape index (κ1) is 14.0. The van der Waals surface area contributed by atoms with Crippen LogP contribution in [0.25, 0.3) is 0 Å². The third kappa shape index (κ3) is 4.05. The van der Waals surface area contributed by atoms with Gasteiger partial charge in [-0.1, -0.05) is 30.3 Å². The molecule has 0 radical (unpaired) electrons. The van der Waals surface area contributed by atoms with Gasteiger partial charge >= 0.3 is 0 Å². The predicted octanol–water partition coefficient (Wildman–Crippen LogP) is 1.52. The Kier molecular flexibility index (Phi) is 4.65. The average molecular weight is 271 g/mol. The molecule has 0 aliphatic carbocycles. The molecule has 20 heavy (non-hydrogen) atoms. The van der Waals surface area contributed by atoms with Crippen molar-refractivity contribution in [3.63, 3.8) is 0 Å². The van der Waals surface area contributed by atoms with E-state index in [1.54, 1.807) is 0 Å². The van der Waals surface area contributed by atoms with Crippen molar-refractivity contribution in [1.82, 2.24) is 15.5 Å². The summed E-state index contributed by atoms with van der Waals surface area (Å²) in [6.45, 7) is 1.95. The molecule has 0 fully saturated rings. The minimum Gasteiger partial charge on any atom is -0.348 e. The normalized spacial score (nSPS) is 11.8. The maximum atomic E-state index is 11.9. The highest BCUT2D eigenvalue weighted by Crippen LogP contribution is 2.05. The van der Waals surface area contributed by atoms with Crippen LogP contribution in [0.3, 0.4) is 0 Å². The highest BCUT2D eigenvalue weighted by atomic mass is 16.2. The van der Waals surface area contributed by atoms with Crippen molar-refractivity contribution >= 4 is 5.91 Å². The molecule has 0 spiro atoms. The molecule has 2 aromatic rings. The highest BCUT2D eigenvalue weighted by molar-refractivity contribution is 5.92. The van der Waals surface area contributed by atoms with E-state index in [4.69, 9.17) is 0 Å². The zero-order valence-corrected chi connectivity index (χ0v) is 11.3. The summed E-state index contributed by atoms with van der Waals surface area (Å²) in [4.78, 5) is 22.8. The SMILES string of the molecule is C[C@@H](CCc1ccccc1)NC(=O)c1ccc(=O)[nH]n1. The van der Waals surface area contributed by atoms with Crippen molar-refractivity contribution in [2.24, 2.45) is 0 Å². The highest BCUT2D eigenvalue weighted by Gasteiger charge is 2.11. The number of amides is 1. The Morgan fingerprint density at radius 3 is 2.65 bits per heavy atom. The molecule has 5 nitrogen and oxygen atoms in total. The molecule has 1 aromatic heterocycles. The van der Waals surface area contributed by atoms with E-state index in [-0.39, 0.29) is 23.2 Å². The van der Waals surface area contributed by atoms with Gasteiger partial charge in [0.25, 0.3) is 11.5 Å². The first-order valence-corrected chi connectivity index (χ1v) is 6.55. The van der Waals surface area contributed by atoms with Gasteiger partial charge in [-0.2, -0.15) is 5.10 Å². The van der Waals surface area contributed by atoms with Crippen LogP contribution < -0.4 is 10.9 Å². The van der Waals surface area contributed by atoms with Crippen LogP contribution in [0, 0.1) is 0 Å². The maximum absolute atomic E-state index is 11.9. The van der Waals surface area contributed by atoms with Gasteiger partial charge in [0.2, 0.25) is 0 Å². The molecule has 2 N–H and O–H groups in total. The zero-order valence-electron chi connectivity index (χ0n) is 11.3. The van der Waals surface area contributed by atoms with Crippen molar-refractivity contribution in [3.8, 4) is 0 Å². The molecule has 104 valence electrons. The summed E-state index contributed by atoms with van der Waals surface area (Å²) in [6.07, 6.45) is 1.75. The predicted molar refractivity (Wildman–Crippen MR) is 76.5 cm³/mol. The van der Waals surface area contributed by atoms with Gasteiger partial charge in [0, 0.05) is 12.1 Å². The molecular formula is C15H17N3O2. The fraction of sp³-hybridized carbons (Fsp3) is 0.267. The molecule has 0 aliphatic heterocycles. The summed E-state index contributed by atoms with van der Waals surface area (Å²) in [5.41, 5.74) is 1.14. The Bertz CT molecular complexity index is 602. The number of aryl methyl sites for hydroxylation is 1. The van der Waals surface area contributed by atoms with Crippen LogP contribution in [-0.4, -0.2) is 22.1 Å². The lowest BCUT2D eigenvalue weighted by Crippen LogP contribution is -2.34. The van der Waals surface area contributed by atoms with Gasteiger partial charge < -0.3 is 5.32 Å². The van der Waals surface area contributed by atoms with Crippen LogP contribution >= 0.6 is 0 Å². The number of nitrogens with one attached hydrogen (secondary N) is 2. The second kappa shape index (κ2) is 6.65. The Morgan fingerprint density at radius 1 is 1.25 bits per heavy atom. The Hall–Kier alpha value is -2.43. The van der Waals surface area contributed by atoms with Gasteiger partial charge in [-0.15, -0.1) is 0 Å². The Balaban J connectivity index is 1.85. The number of benzene rings is 1. The van der Waals surface area contributed by atoms with Crippen molar-refractivity contribution in [2.75, 3.05) is 0 Å². The number of H-pyrrole nitrogens is 1. The van der Waals surface area contributed by atoms with Crippen LogP contribution in [0.5, 0.6) is 0 Å². The van der Waals surface area contributed by atoms with Crippen LogP contribution in [0.1, 0.15) is 29.4 Å². The molecule has 0 saturated carbocycles. The summed E-state index contributed by atoms with van der Waals surface area (Å²) in [5, 5.41) is 8.81. The third-order valence-corrected chi connectivity index (χ3v) is 3.00. The van der Waals surface area contributed by atoms with E-state index in [1.165, 1.54) is 17.7 Å². The van der Waals surface area contributed by atoms with E-state index >= 15 is 0 Å². The molecule has 5 heteroatoms. The zero-order chi connectivity index (χ0) is 14.4. The molecule has 1 aromatic carbocycles. The molecule has 1 heterocycles. The monoisotopic (exact) mass is 271 g/mol. The van der Waals surface area contributed by atoms with Crippen LogP contribution in [-0.2, 0) is 6.42 Å².